The van der Waals surface area contributed by atoms with Gasteiger partial charge in [-0.2, -0.15) is 0 Å². The summed E-state index contributed by atoms with van der Waals surface area (Å²) in [5, 5.41) is 3.32. The minimum Gasteiger partial charge on any atom is -0.481 e. The molecule has 0 aliphatic rings. The maximum Gasteiger partial charge on any atom is 0.213 e. The molecule has 0 amide bonds. The van der Waals surface area contributed by atoms with Gasteiger partial charge < -0.3 is 10.1 Å². The molecule has 2 aromatic rings. The molecule has 1 N–H and O–H groups in total. The van der Waals surface area contributed by atoms with E-state index >= 15 is 0 Å². The first-order valence-electron chi connectivity index (χ1n) is 5.68. The molecule has 1 heterocycles. The van der Waals surface area contributed by atoms with Crippen LogP contribution in [0.5, 0.6) is 5.88 Å². The third-order valence-corrected chi connectivity index (χ3v) is 3.38. The molecule has 1 aromatic heterocycles. The Labute approximate surface area is 115 Å². The quantitative estimate of drug-likeness (QED) is 0.933. The Kier molecular flexibility index (Phi) is 4.20. The Hall–Kier alpha value is -1.55. The summed E-state index contributed by atoms with van der Waals surface area (Å²) >= 11 is 3.57. The summed E-state index contributed by atoms with van der Waals surface area (Å²) < 4.78 is 6.14. The molecular formula is C14H15BrN2O. The number of benzene rings is 1. The number of aromatic nitrogens is 1. The first kappa shape index (κ1) is 12.9. The second-order valence-electron chi connectivity index (χ2n) is 4.04. The van der Waals surface area contributed by atoms with Crippen molar-refractivity contribution in [3.05, 3.63) is 52.1 Å². The van der Waals surface area contributed by atoms with Crippen LogP contribution in [0.4, 0.5) is 5.69 Å². The standard InChI is InChI=1S/C14H15BrN2O/c1-10-3-4-11(13(15)7-10)8-16-12-5-6-14(18-2)17-9-12/h3-7,9,16H,8H2,1-2H3. The van der Waals surface area contributed by atoms with Crippen LogP contribution in [0.15, 0.2) is 41.0 Å². The molecular weight excluding hydrogens is 292 g/mol. The third kappa shape index (κ3) is 3.23. The van der Waals surface area contributed by atoms with Crippen molar-refractivity contribution >= 4 is 21.6 Å². The van der Waals surface area contributed by atoms with E-state index in [0.717, 1.165) is 16.7 Å². The Morgan fingerprint density at radius 2 is 2.11 bits per heavy atom. The lowest BCUT2D eigenvalue weighted by Gasteiger charge is -2.09. The zero-order valence-electron chi connectivity index (χ0n) is 10.4. The number of rotatable bonds is 4. The average Bonchev–Trinajstić information content (AvgIpc) is 2.38. The van der Waals surface area contributed by atoms with Gasteiger partial charge in [-0.05, 0) is 30.2 Å². The van der Waals surface area contributed by atoms with Gasteiger partial charge in [0.25, 0.3) is 0 Å². The normalized spacial score (nSPS) is 10.2. The maximum atomic E-state index is 5.02. The van der Waals surface area contributed by atoms with Crippen LogP contribution in [-0.4, -0.2) is 12.1 Å². The van der Waals surface area contributed by atoms with E-state index in [1.807, 2.05) is 12.1 Å². The molecule has 0 saturated carbocycles. The van der Waals surface area contributed by atoms with Crippen LogP contribution in [0.3, 0.4) is 0 Å². The lowest BCUT2D eigenvalue weighted by atomic mass is 10.1. The molecule has 0 bridgehead atoms. The molecule has 0 spiro atoms. The lowest BCUT2D eigenvalue weighted by molar-refractivity contribution is 0.398. The number of anilines is 1. The summed E-state index contributed by atoms with van der Waals surface area (Å²) in [5.74, 6) is 0.622. The molecule has 0 unspecified atom stereocenters. The van der Waals surface area contributed by atoms with Gasteiger partial charge in [-0.25, -0.2) is 4.98 Å². The maximum absolute atomic E-state index is 5.02. The van der Waals surface area contributed by atoms with E-state index in [1.165, 1.54) is 11.1 Å². The molecule has 0 atom stereocenters. The molecule has 94 valence electrons. The van der Waals surface area contributed by atoms with E-state index in [9.17, 15) is 0 Å². The molecule has 1 aromatic carbocycles. The van der Waals surface area contributed by atoms with Gasteiger partial charge >= 0.3 is 0 Å². The predicted molar refractivity (Wildman–Crippen MR) is 77.0 cm³/mol. The van der Waals surface area contributed by atoms with Gasteiger partial charge in [0.15, 0.2) is 0 Å². The summed E-state index contributed by atoms with van der Waals surface area (Å²) in [5.41, 5.74) is 3.44. The first-order chi connectivity index (χ1) is 8.69. The minimum atomic E-state index is 0.622. The van der Waals surface area contributed by atoms with Crippen LogP contribution in [0.25, 0.3) is 0 Å². The molecule has 0 aliphatic heterocycles. The Balaban J connectivity index is 2.02. The van der Waals surface area contributed by atoms with Gasteiger partial charge in [0.05, 0.1) is 19.0 Å². The number of nitrogens with zero attached hydrogens (tertiary/aromatic N) is 1. The number of hydrogen-bond donors (Lipinski definition) is 1. The molecule has 2 rings (SSSR count). The second kappa shape index (κ2) is 5.87. The molecule has 3 nitrogen and oxygen atoms in total. The average molecular weight is 307 g/mol. The summed E-state index contributed by atoms with van der Waals surface area (Å²) in [6.07, 6.45) is 1.76. The number of nitrogens with one attached hydrogen (secondary N) is 1. The predicted octanol–water partition coefficient (Wildman–Crippen LogP) is 3.77. The monoisotopic (exact) mass is 306 g/mol. The van der Waals surface area contributed by atoms with Gasteiger partial charge in [0.2, 0.25) is 5.88 Å². The Bertz CT molecular complexity index is 526. The minimum absolute atomic E-state index is 0.622. The number of methoxy groups -OCH3 is 1. The van der Waals surface area contributed by atoms with Crippen molar-refractivity contribution in [2.45, 2.75) is 13.5 Å². The SMILES string of the molecule is COc1ccc(NCc2ccc(C)cc2Br)cn1. The Morgan fingerprint density at radius 1 is 1.28 bits per heavy atom. The molecule has 0 saturated heterocycles. The molecule has 4 heteroatoms. The number of ether oxygens (including phenoxy) is 1. The van der Waals surface area contributed by atoms with Crippen LogP contribution in [-0.2, 0) is 6.54 Å². The van der Waals surface area contributed by atoms with Crippen molar-refractivity contribution in [1.82, 2.24) is 4.98 Å². The highest BCUT2D eigenvalue weighted by Gasteiger charge is 2.00. The van der Waals surface area contributed by atoms with E-state index in [-0.39, 0.29) is 0 Å². The van der Waals surface area contributed by atoms with Crippen molar-refractivity contribution in [3.63, 3.8) is 0 Å². The lowest BCUT2D eigenvalue weighted by Crippen LogP contribution is -2.01. The number of hydrogen-bond acceptors (Lipinski definition) is 3. The van der Waals surface area contributed by atoms with Crippen molar-refractivity contribution in [2.24, 2.45) is 0 Å². The van der Waals surface area contributed by atoms with Gasteiger partial charge in [0, 0.05) is 17.1 Å². The zero-order valence-corrected chi connectivity index (χ0v) is 12.0. The molecule has 0 radical (unpaired) electrons. The fourth-order valence-corrected chi connectivity index (χ4v) is 2.23. The highest BCUT2D eigenvalue weighted by Crippen LogP contribution is 2.20. The number of aryl methyl sites for hydroxylation is 1. The summed E-state index contributed by atoms with van der Waals surface area (Å²) in [6, 6.07) is 10.1. The van der Waals surface area contributed by atoms with Crippen molar-refractivity contribution in [3.8, 4) is 5.88 Å². The fourth-order valence-electron chi connectivity index (χ4n) is 1.60. The Morgan fingerprint density at radius 3 is 2.72 bits per heavy atom. The van der Waals surface area contributed by atoms with E-state index in [2.05, 4.69) is 51.4 Å². The van der Waals surface area contributed by atoms with Crippen LogP contribution in [0.1, 0.15) is 11.1 Å². The van der Waals surface area contributed by atoms with Gasteiger partial charge in [-0.3, -0.25) is 0 Å². The van der Waals surface area contributed by atoms with Crippen molar-refractivity contribution in [2.75, 3.05) is 12.4 Å². The van der Waals surface area contributed by atoms with Crippen LogP contribution in [0, 0.1) is 6.92 Å². The highest BCUT2D eigenvalue weighted by atomic mass is 79.9. The van der Waals surface area contributed by atoms with Gasteiger partial charge in [-0.1, -0.05) is 28.1 Å². The number of halogens is 1. The number of pyridine rings is 1. The van der Waals surface area contributed by atoms with Gasteiger partial charge in [0.1, 0.15) is 0 Å². The van der Waals surface area contributed by atoms with Crippen molar-refractivity contribution < 1.29 is 4.74 Å². The third-order valence-electron chi connectivity index (χ3n) is 2.64. The van der Waals surface area contributed by atoms with Crippen LogP contribution in [0.2, 0.25) is 0 Å². The van der Waals surface area contributed by atoms with Crippen LogP contribution >= 0.6 is 15.9 Å². The highest BCUT2D eigenvalue weighted by molar-refractivity contribution is 9.10. The first-order valence-corrected chi connectivity index (χ1v) is 6.47. The topological polar surface area (TPSA) is 34.1 Å². The van der Waals surface area contributed by atoms with Crippen molar-refractivity contribution in [1.29, 1.82) is 0 Å². The summed E-state index contributed by atoms with van der Waals surface area (Å²) in [4.78, 5) is 4.15. The smallest absolute Gasteiger partial charge is 0.213 e. The zero-order chi connectivity index (χ0) is 13.0. The molecule has 0 aliphatic carbocycles. The van der Waals surface area contributed by atoms with E-state index in [1.54, 1.807) is 13.3 Å². The van der Waals surface area contributed by atoms with E-state index in [0.29, 0.717) is 5.88 Å². The molecule has 0 fully saturated rings. The van der Waals surface area contributed by atoms with E-state index < -0.39 is 0 Å². The van der Waals surface area contributed by atoms with Gasteiger partial charge in [-0.15, -0.1) is 0 Å². The summed E-state index contributed by atoms with van der Waals surface area (Å²) in [6.45, 7) is 2.84. The fraction of sp³-hybridized carbons (Fsp3) is 0.214. The van der Waals surface area contributed by atoms with E-state index in [4.69, 9.17) is 4.74 Å². The van der Waals surface area contributed by atoms with Crippen LogP contribution < -0.4 is 10.1 Å². The largest absolute Gasteiger partial charge is 0.481 e. The second-order valence-corrected chi connectivity index (χ2v) is 4.89. The molecule has 18 heavy (non-hydrogen) atoms. The summed E-state index contributed by atoms with van der Waals surface area (Å²) in [7, 11) is 1.61.